The number of nitrogens with zero attached hydrogens (tertiary/aromatic N) is 2. The first-order valence-electron chi connectivity index (χ1n) is 8.58. The third kappa shape index (κ3) is 4.83. The van der Waals surface area contributed by atoms with E-state index in [4.69, 9.17) is 9.15 Å². The zero-order chi connectivity index (χ0) is 20.8. The normalized spacial score (nSPS) is 10.8. The van der Waals surface area contributed by atoms with Gasteiger partial charge in [0, 0.05) is 5.56 Å². The number of hydrazone groups is 1. The maximum atomic E-state index is 13.3. The Balaban J connectivity index is 1.68. The molecule has 1 amide bonds. The fourth-order valence-corrected chi connectivity index (χ4v) is 2.52. The summed E-state index contributed by atoms with van der Waals surface area (Å²) in [6.07, 6.45) is 1.26. The van der Waals surface area contributed by atoms with Crippen LogP contribution in [0.25, 0.3) is 11.3 Å². The van der Waals surface area contributed by atoms with E-state index in [1.807, 2.05) is 6.92 Å². The molecule has 0 saturated heterocycles. The van der Waals surface area contributed by atoms with Gasteiger partial charge in [-0.05, 0) is 55.5 Å². The summed E-state index contributed by atoms with van der Waals surface area (Å²) in [5.74, 6) is -0.0526. The molecule has 9 heteroatoms. The number of benzene rings is 2. The standard InChI is InChI=1S/C20H16FN3O5/c1-2-28-15-6-3-13(4-7-15)20(25)23-22-12-16-8-10-19(29-16)17-9-5-14(21)11-18(17)24(26)27/h3-12H,2H2,1H3,(H,23,25)/b22-12+. The van der Waals surface area contributed by atoms with Crippen molar-refractivity contribution in [1.82, 2.24) is 5.43 Å². The Hall–Kier alpha value is -4.01. The zero-order valence-corrected chi connectivity index (χ0v) is 15.3. The molecule has 29 heavy (non-hydrogen) atoms. The molecular formula is C20H16FN3O5. The van der Waals surface area contributed by atoms with Crippen molar-refractivity contribution in [2.24, 2.45) is 5.10 Å². The van der Waals surface area contributed by atoms with Crippen LogP contribution in [-0.4, -0.2) is 23.7 Å². The lowest BCUT2D eigenvalue weighted by Gasteiger charge is -2.03. The number of ether oxygens (including phenoxy) is 1. The highest BCUT2D eigenvalue weighted by atomic mass is 19.1. The second-order valence-electron chi connectivity index (χ2n) is 5.78. The van der Waals surface area contributed by atoms with Gasteiger partial charge in [-0.2, -0.15) is 5.10 Å². The Kier molecular flexibility index (Phi) is 5.98. The van der Waals surface area contributed by atoms with Gasteiger partial charge in [0.15, 0.2) is 0 Å². The number of nitro groups is 1. The molecule has 1 N–H and O–H groups in total. The summed E-state index contributed by atoms with van der Waals surface area (Å²) in [6, 6.07) is 12.8. The second kappa shape index (κ2) is 8.79. The number of halogens is 1. The first-order valence-corrected chi connectivity index (χ1v) is 8.58. The van der Waals surface area contributed by atoms with E-state index in [1.165, 1.54) is 24.4 Å². The smallest absolute Gasteiger partial charge is 0.283 e. The molecule has 148 valence electrons. The summed E-state index contributed by atoms with van der Waals surface area (Å²) in [7, 11) is 0. The molecule has 0 fully saturated rings. The summed E-state index contributed by atoms with van der Waals surface area (Å²) in [4.78, 5) is 22.5. The molecule has 3 rings (SSSR count). The molecule has 0 atom stereocenters. The van der Waals surface area contributed by atoms with E-state index < -0.39 is 22.3 Å². The summed E-state index contributed by atoms with van der Waals surface area (Å²) >= 11 is 0. The minimum Gasteiger partial charge on any atom is -0.494 e. The van der Waals surface area contributed by atoms with Crippen LogP contribution in [0.15, 0.2) is 64.1 Å². The van der Waals surface area contributed by atoms with Gasteiger partial charge >= 0.3 is 0 Å². The Labute approximate surface area is 164 Å². The van der Waals surface area contributed by atoms with Crippen molar-refractivity contribution in [3.8, 4) is 17.1 Å². The van der Waals surface area contributed by atoms with Gasteiger partial charge in [0.1, 0.15) is 23.1 Å². The number of nitrogens with one attached hydrogen (secondary N) is 1. The van der Waals surface area contributed by atoms with Crippen molar-refractivity contribution in [2.75, 3.05) is 6.61 Å². The minimum atomic E-state index is -0.717. The van der Waals surface area contributed by atoms with E-state index in [-0.39, 0.29) is 17.1 Å². The number of amides is 1. The van der Waals surface area contributed by atoms with Gasteiger partial charge in [-0.1, -0.05) is 0 Å². The Morgan fingerprint density at radius 1 is 1.24 bits per heavy atom. The molecule has 0 saturated carbocycles. The van der Waals surface area contributed by atoms with Gasteiger partial charge in [-0.25, -0.2) is 9.82 Å². The molecule has 0 radical (unpaired) electrons. The number of carbonyl (C=O) groups excluding carboxylic acids is 1. The number of rotatable bonds is 7. The average molecular weight is 397 g/mol. The zero-order valence-electron chi connectivity index (χ0n) is 15.3. The molecule has 0 unspecified atom stereocenters. The minimum absolute atomic E-state index is 0.134. The van der Waals surface area contributed by atoms with Crippen LogP contribution in [0, 0.1) is 15.9 Å². The molecule has 0 bridgehead atoms. The molecule has 8 nitrogen and oxygen atoms in total. The summed E-state index contributed by atoms with van der Waals surface area (Å²) in [5, 5.41) is 14.9. The van der Waals surface area contributed by atoms with Crippen molar-refractivity contribution in [1.29, 1.82) is 0 Å². The number of furan rings is 1. The van der Waals surface area contributed by atoms with Gasteiger partial charge in [0.25, 0.3) is 11.6 Å². The quantitative estimate of drug-likeness (QED) is 0.366. The van der Waals surface area contributed by atoms with Gasteiger partial charge in [-0.3, -0.25) is 14.9 Å². The van der Waals surface area contributed by atoms with Crippen LogP contribution in [0.5, 0.6) is 5.75 Å². The maximum absolute atomic E-state index is 13.3. The topological polar surface area (TPSA) is 107 Å². The number of carbonyl (C=O) groups is 1. The predicted octanol–water partition coefficient (Wildman–Crippen LogP) is 4.16. The third-order valence-electron chi connectivity index (χ3n) is 3.83. The molecule has 1 aromatic heterocycles. The third-order valence-corrected chi connectivity index (χ3v) is 3.83. The van der Waals surface area contributed by atoms with E-state index in [0.29, 0.717) is 17.9 Å². The highest BCUT2D eigenvalue weighted by Crippen LogP contribution is 2.31. The second-order valence-corrected chi connectivity index (χ2v) is 5.78. The van der Waals surface area contributed by atoms with Crippen molar-refractivity contribution >= 4 is 17.8 Å². The van der Waals surface area contributed by atoms with Crippen LogP contribution in [0.2, 0.25) is 0 Å². The fraction of sp³-hybridized carbons (Fsp3) is 0.100. The molecule has 0 aliphatic carbocycles. The van der Waals surface area contributed by atoms with Crippen LogP contribution in [0.4, 0.5) is 10.1 Å². The van der Waals surface area contributed by atoms with Crippen molar-refractivity contribution in [2.45, 2.75) is 6.92 Å². The largest absolute Gasteiger partial charge is 0.494 e. The molecule has 3 aromatic rings. The van der Waals surface area contributed by atoms with Gasteiger partial charge in [0.2, 0.25) is 0 Å². The number of hydrogen-bond acceptors (Lipinski definition) is 6. The number of nitro benzene ring substituents is 1. The van der Waals surface area contributed by atoms with Crippen LogP contribution >= 0.6 is 0 Å². The Morgan fingerprint density at radius 2 is 2.00 bits per heavy atom. The first-order chi connectivity index (χ1) is 14.0. The Bertz CT molecular complexity index is 1060. The van der Waals surface area contributed by atoms with E-state index in [9.17, 15) is 19.3 Å². The maximum Gasteiger partial charge on any atom is 0.283 e. The summed E-state index contributed by atoms with van der Waals surface area (Å²) in [5.41, 5.74) is 2.48. The average Bonchev–Trinajstić information content (AvgIpc) is 3.17. The van der Waals surface area contributed by atoms with E-state index in [0.717, 1.165) is 12.1 Å². The lowest BCUT2D eigenvalue weighted by atomic mass is 10.1. The SMILES string of the molecule is CCOc1ccc(C(=O)N/N=C/c2ccc(-c3ccc(F)cc3[N+](=O)[O-])o2)cc1. The van der Waals surface area contributed by atoms with Crippen LogP contribution in [-0.2, 0) is 0 Å². The number of hydrogen-bond donors (Lipinski definition) is 1. The van der Waals surface area contributed by atoms with E-state index in [1.54, 1.807) is 24.3 Å². The molecule has 1 heterocycles. The van der Waals surface area contributed by atoms with Crippen molar-refractivity contribution in [3.63, 3.8) is 0 Å². The van der Waals surface area contributed by atoms with Crippen LogP contribution < -0.4 is 10.2 Å². The predicted molar refractivity (Wildman–Crippen MR) is 103 cm³/mol. The molecular weight excluding hydrogens is 381 g/mol. The molecule has 0 aliphatic heterocycles. The van der Waals surface area contributed by atoms with Crippen LogP contribution in [0.1, 0.15) is 23.0 Å². The first kappa shape index (κ1) is 19.7. The lowest BCUT2D eigenvalue weighted by Crippen LogP contribution is -2.17. The lowest BCUT2D eigenvalue weighted by molar-refractivity contribution is -0.384. The van der Waals surface area contributed by atoms with Gasteiger partial charge < -0.3 is 9.15 Å². The Morgan fingerprint density at radius 3 is 2.69 bits per heavy atom. The highest BCUT2D eigenvalue weighted by molar-refractivity contribution is 5.94. The van der Waals surface area contributed by atoms with Crippen molar-refractivity contribution in [3.05, 3.63) is 81.9 Å². The monoisotopic (exact) mass is 397 g/mol. The molecule has 0 aliphatic rings. The summed E-state index contributed by atoms with van der Waals surface area (Å²) < 4.78 is 24.1. The van der Waals surface area contributed by atoms with Crippen molar-refractivity contribution < 1.29 is 23.3 Å². The highest BCUT2D eigenvalue weighted by Gasteiger charge is 2.19. The fourth-order valence-electron chi connectivity index (χ4n) is 2.52. The van der Waals surface area contributed by atoms with Crippen LogP contribution in [0.3, 0.4) is 0 Å². The molecule has 2 aromatic carbocycles. The van der Waals surface area contributed by atoms with Gasteiger partial charge in [0.05, 0.1) is 29.4 Å². The molecule has 0 spiro atoms. The van der Waals surface area contributed by atoms with Gasteiger partial charge in [-0.15, -0.1) is 0 Å². The summed E-state index contributed by atoms with van der Waals surface area (Å²) in [6.45, 7) is 2.39. The van der Waals surface area contributed by atoms with E-state index in [2.05, 4.69) is 10.5 Å². The van der Waals surface area contributed by atoms with E-state index >= 15 is 0 Å².